The van der Waals surface area contributed by atoms with Crippen molar-refractivity contribution in [2.45, 2.75) is 24.4 Å². The fourth-order valence-electron chi connectivity index (χ4n) is 1.66. The van der Waals surface area contributed by atoms with Crippen LogP contribution < -0.4 is 0 Å². The molecule has 138 valence electrons. The van der Waals surface area contributed by atoms with Crippen LogP contribution in [0.3, 0.4) is 0 Å². The van der Waals surface area contributed by atoms with Gasteiger partial charge in [0.05, 0.1) is 58.5 Å². The summed E-state index contributed by atoms with van der Waals surface area (Å²) < 4.78 is 10.7. The van der Waals surface area contributed by atoms with Gasteiger partial charge in [-0.25, -0.2) is 0 Å². The Bertz CT molecular complexity index is 400. The molecule has 0 saturated carbocycles. The highest BCUT2D eigenvalue weighted by Crippen LogP contribution is 2.15. The van der Waals surface area contributed by atoms with Crippen LogP contribution in [-0.4, -0.2) is 86.5 Å². The molecular formula is C15H25NO8. The first-order valence-electron chi connectivity index (χ1n) is 7.39. The number of hydrogen-bond donors (Lipinski definition) is 6. The van der Waals surface area contributed by atoms with Gasteiger partial charge < -0.3 is 40.1 Å². The van der Waals surface area contributed by atoms with E-state index < -0.39 is 50.8 Å². The third-order valence-corrected chi connectivity index (χ3v) is 3.69. The van der Waals surface area contributed by atoms with Crippen LogP contribution in [0.15, 0.2) is 18.3 Å². The maximum absolute atomic E-state index is 9.18. The predicted octanol–water partition coefficient (Wildman–Crippen LogP) is -2.45. The molecule has 1 aromatic rings. The first-order valence-corrected chi connectivity index (χ1v) is 7.39. The highest BCUT2D eigenvalue weighted by Gasteiger charge is 2.30. The topological polar surface area (TPSA) is 153 Å². The van der Waals surface area contributed by atoms with Crippen molar-refractivity contribution in [2.75, 3.05) is 39.6 Å². The van der Waals surface area contributed by atoms with Crippen LogP contribution >= 0.6 is 0 Å². The van der Waals surface area contributed by atoms with E-state index in [4.69, 9.17) is 9.47 Å². The first-order chi connectivity index (χ1) is 11.5. The highest BCUT2D eigenvalue weighted by atomic mass is 16.5. The lowest BCUT2D eigenvalue weighted by Crippen LogP contribution is -2.44. The third kappa shape index (κ3) is 5.43. The summed E-state index contributed by atoms with van der Waals surface area (Å²) in [4.78, 5) is 4.13. The molecule has 0 aliphatic heterocycles. The summed E-state index contributed by atoms with van der Waals surface area (Å²) in [6, 6.07) is 3.31. The summed E-state index contributed by atoms with van der Waals surface area (Å²) in [5.41, 5.74) is -1.68. The first kappa shape index (κ1) is 20.9. The number of hydrogen-bond acceptors (Lipinski definition) is 9. The van der Waals surface area contributed by atoms with Gasteiger partial charge in [0.2, 0.25) is 0 Å². The molecule has 0 spiro atoms. The molecule has 1 heterocycles. The van der Waals surface area contributed by atoms with Crippen molar-refractivity contribution in [3.63, 3.8) is 0 Å². The molecule has 0 saturated heterocycles. The van der Waals surface area contributed by atoms with E-state index in [1.54, 1.807) is 12.1 Å². The van der Waals surface area contributed by atoms with Crippen LogP contribution in [0, 0.1) is 0 Å². The van der Waals surface area contributed by atoms with Crippen molar-refractivity contribution in [3.8, 4) is 0 Å². The zero-order valence-corrected chi connectivity index (χ0v) is 13.3. The fraction of sp³-hybridized carbons (Fsp3) is 0.667. The van der Waals surface area contributed by atoms with E-state index in [1.165, 1.54) is 6.20 Å². The Morgan fingerprint density at radius 2 is 1.17 bits per heavy atom. The van der Waals surface area contributed by atoms with E-state index in [0.717, 1.165) is 0 Å². The molecule has 0 aliphatic rings. The normalized spacial score (nSPS) is 12.6. The van der Waals surface area contributed by atoms with Gasteiger partial charge in [0, 0.05) is 6.20 Å². The van der Waals surface area contributed by atoms with Gasteiger partial charge >= 0.3 is 0 Å². The second-order valence-electron chi connectivity index (χ2n) is 5.55. The Balaban J connectivity index is 2.60. The van der Waals surface area contributed by atoms with Crippen LogP contribution in [0.4, 0.5) is 0 Å². The SMILES string of the molecule is OCC(CO)(CO)OCc1ccc(COC(CO)(CO)CO)nc1. The minimum atomic E-state index is -1.42. The molecule has 9 heteroatoms. The van der Waals surface area contributed by atoms with E-state index >= 15 is 0 Å². The number of rotatable bonds is 12. The molecule has 9 nitrogen and oxygen atoms in total. The summed E-state index contributed by atoms with van der Waals surface area (Å²) in [6.07, 6.45) is 1.49. The number of nitrogens with zero attached hydrogens (tertiary/aromatic N) is 1. The lowest BCUT2D eigenvalue weighted by Gasteiger charge is -2.28. The smallest absolute Gasteiger partial charge is 0.137 e. The van der Waals surface area contributed by atoms with E-state index in [0.29, 0.717) is 11.3 Å². The predicted molar refractivity (Wildman–Crippen MR) is 81.8 cm³/mol. The lowest BCUT2D eigenvalue weighted by atomic mass is 10.1. The van der Waals surface area contributed by atoms with Crippen molar-refractivity contribution < 1.29 is 40.1 Å². The van der Waals surface area contributed by atoms with Crippen molar-refractivity contribution in [1.82, 2.24) is 4.98 Å². The molecule has 0 unspecified atom stereocenters. The minimum Gasteiger partial charge on any atom is -0.393 e. The Labute approximate surface area is 139 Å². The molecule has 24 heavy (non-hydrogen) atoms. The molecular weight excluding hydrogens is 322 g/mol. The van der Waals surface area contributed by atoms with E-state index in [2.05, 4.69) is 4.98 Å². The molecule has 1 aromatic heterocycles. The van der Waals surface area contributed by atoms with E-state index in [-0.39, 0.29) is 13.2 Å². The Morgan fingerprint density at radius 1 is 0.708 bits per heavy atom. The van der Waals surface area contributed by atoms with Gasteiger partial charge in [-0.1, -0.05) is 6.07 Å². The monoisotopic (exact) mass is 347 g/mol. The minimum absolute atomic E-state index is 0.0172. The van der Waals surface area contributed by atoms with Crippen LogP contribution in [0.25, 0.3) is 0 Å². The Morgan fingerprint density at radius 3 is 1.54 bits per heavy atom. The standard InChI is InChI=1S/C15H25NO8/c17-6-14(7-18,8-19)23-4-12-1-2-13(16-3-12)5-24-15(9-20,10-21)11-22/h1-3,17-22H,4-11H2. The zero-order chi connectivity index (χ0) is 18.1. The number of aliphatic hydroxyl groups excluding tert-OH is 6. The summed E-state index contributed by atoms with van der Waals surface area (Å²) in [6.45, 7) is -3.15. The summed E-state index contributed by atoms with van der Waals surface area (Å²) in [5, 5.41) is 55.0. The quantitative estimate of drug-likeness (QED) is 0.242. The second-order valence-corrected chi connectivity index (χ2v) is 5.55. The number of aromatic nitrogens is 1. The van der Waals surface area contributed by atoms with Crippen LogP contribution in [0.5, 0.6) is 0 Å². The molecule has 0 fully saturated rings. The molecule has 0 aromatic carbocycles. The van der Waals surface area contributed by atoms with Crippen molar-refractivity contribution in [2.24, 2.45) is 0 Å². The Kier molecular flexibility index (Phi) is 8.67. The summed E-state index contributed by atoms with van der Waals surface area (Å²) in [5.74, 6) is 0. The maximum atomic E-state index is 9.18. The van der Waals surface area contributed by atoms with Gasteiger partial charge in [-0.3, -0.25) is 4.98 Å². The van der Waals surface area contributed by atoms with E-state index in [9.17, 15) is 30.6 Å². The van der Waals surface area contributed by atoms with Crippen molar-refractivity contribution in [1.29, 1.82) is 0 Å². The highest BCUT2D eigenvalue weighted by molar-refractivity contribution is 5.13. The second kappa shape index (κ2) is 9.97. The molecule has 0 aliphatic carbocycles. The van der Waals surface area contributed by atoms with E-state index in [1.807, 2.05) is 0 Å². The zero-order valence-electron chi connectivity index (χ0n) is 13.3. The van der Waals surface area contributed by atoms with Crippen molar-refractivity contribution >= 4 is 0 Å². The van der Waals surface area contributed by atoms with Gasteiger partial charge in [0.15, 0.2) is 0 Å². The average Bonchev–Trinajstić information content (AvgIpc) is 2.66. The molecule has 0 bridgehead atoms. The number of ether oxygens (including phenoxy) is 2. The van der Waals surface area contributed by atoms with Crippen molar-refractivity contribution in [3.05, 3.63) is 29.6 Å². The third-order valence-electron chi connectivity index (χ3n) is 3.69. The molecule has 1 rings (SSSR count). The Hall–Kier alpha value is -1.17. The molecule has 0 radical (unpaired) electrons. The van der Waals surface area contributed by atoms with Gasteiger partial charge in [0.1, 0.15) is 11.2 Å². The van der Waals surface area contributed by atoms with Crippen LogP contribution in [0.1, 0.15) is 11.3 Å². The molecule has 0 atom stereocenters. The average molecular weight is 347 g/mol. The summed E-state index contributed by atoms with van der Waals surface area (Å²) in [7, 11) is 0. The molecule has 0 amide bonds. The van der Waals surface area contributed by atoms with Crippen LogP contribution in [0.2, 0.25) is 0 Å². The number of aliphatic hydroxyl groups is 6. The maximum Gasteiger partial charge on any atom is 0.137 e. The molecule has 6 N–H and O–H groups in total. The number of pyridine rings is 1. The summed E-state index contributed by atoms with van der Waals surface area (Å²) >= 11 is 0. The largest absolute Gasteiger partial charge is 0.393 e. The van der Waals surface area contributed by atoms with Crippen LogP contribution in [-0.2, 0) is 22.7 Å². The van der Waals surface area contributed by atoms with Gasteiger partial charge in [0.25, 0.3) is 0 Å². The van der Waals surface area contributed by atoms with Gasteiger partial charge in [-0.2, -0.15) is 0 Å². The fourth-order valence-corrected chi connectivity index (χ4v) is 1.66. The van der Waals surface area contributed by atoms with Gasteiger partial charge in [-0.15, -0.1) is 0 Å². The lowest BCUT2D eigenvalue weighted by molar-refractivity contribution is -0.141. The van der Waals surface area contributed by atoms with Gasteiger partial charge in [-0.05, 0) is 11.6 Å².